The molecule has 0 N–H and O–H groups in total. The fraction of sp³-hybridized carbons (Fsp3) is 0.556. The molecule has 0 radical (unpaired) electrons. The number of benzene rings is 1. The normalized spacial score (nSPS) is 11.8. The smallest absolute Gasteiger partial charge is 0.314 e. The van der Waals surface area contributed by atoms with Crippen molar-refractivity contribution in [3.8, 4) is 11.5 Å². The second kappa shape index (κ2) is 9.98. The maximum Gasteiger partial charge on any atom is 0.314 e. The Kier molecular flexibility index (Phi) is 8.26. The van der Waals surface area contributed by atoms with E-state index in [0.717, 1.165) is 32.1 Å². The number of esters is 2. The number of ether oxygens (including phenoxy) is 2. The van der Waals surface area contributed by atoms with Crippen LogP contribution >= 0.6 is 0 Å². The molecule has 0 aliphatic heterocycles. The van der Waals surface area contributed by atoms with Crippen molar-refractivity contribution in [1.29, 1.82) is 0 Å². The van der Waals surface area contributed by atoms with Crippen molar-refractivity contribution in [2.45, 2.75) is 59.3 Å². The maximum absolute atomic E-state index is 12.1. The molecule has 1 aromatic rings. The molecule has 0 bridgehead atoms. The number of hydrogen-bond donors (Lipinski definition) is 0. The van der Waals surface area contributed by atoms with Crippen molar-refractivity contribution < 1.29 is 19.1 Å². The van der Waals surface area contributed by atoms with Crippen molar-refractivity contribution in [3.63, 3.8) is 0 Å². The monoisotopic (exact) mass is 306 g/mol. The van der Waals surface area contributed by atoms with Crippen molar-refractivity contribution in [3.05, 3.63) is 24.3 Å². The lowest BCUT2D eigenvalue weighted by molar-refractivity contribution is -0.140. The van der Waals surface area contributed by atoms with Crippen LogP contribution in [0.1, 0.15) is 59.3 Å². The maximum atomic E-state index is 12.1. The minimum absolute atomic E-state index is 0.161. The molecule has 1 unspecified atom stereocenters. The number of carbonyl (C=O) groups excluding carboxylic acids is 2. The lowest BCUT2D eigenvalue weighted by atomic mass is 10.0. The molecule has 0 saturated carbocycles. The van der Waals surface area contributed by atoms with Crippen molar-refractivity contribution in [1.82, 2.24) is 0 Å². The van der Waals surface area contributed by atoms with E-state index in [9.17, 15) is 9.59 Å². The molecular weight excluding hydrogens is 280 g/mol. The molecule has 0 aromatic heterocycles. The molecule has 0 amide bonds. The van der Waals surface area contributed by atoms with Gasteiger partial charge >= 0.3 is 11.9 Å². The first-order valence-electron chi connectivity index (χ1n) is 8.09. The van der Waals surface area contributed by atoms with Crippen LogP contribution in [0.15, 0.2) is 24.3 Å². The summed E-state index contributed by atoms with van der Waals surface area (Å²) in [6.07, 6.45) is 5.12. The van der Waals surface area contributed by atoms with E-state index in [1.165, 1.54) is 0 Å². The Morgan fingerprint density at radius 1 is 1.00 bits per heavy atom. The summed E-state index contributed by atoms with van der Waals surface area (Å²) in [5.41, 5.74) is 0. The summed E-state index contributed by atoms with van der Waals surface area (Å²) < 4.78 is 10.6. The van der Waals surface area contributed by atoms with E-state index < -0.39 is 0 Å². The lowest BCUT2D eigenvalue weighted by Crippen LogP contribution is -2.18. The van der Waals surface area contributed by atoms with Crippen molar-refractivity contribution in [2.24, 2.45) is 5.92 Å². The van der Waals surface area contributed by atoms with Gasteiger partial charge in [0, 0.05) is 6.42 Å². The minimum Gasteiger partial charge on any atom is -0.423 e. The van der Waals surface area contributed by atoms with Crippen LogP contribution < -0.4 is 9.47 Å². The molecule has 0 heterocycles. The highest BCUT2D eigenvalue weighted by Gasteiger charge is 2.18. The van der Waals surface area contributed by atoms with Gasteiger partial charge in [-0.2, -0.15) is 0 Å². The van der Waals surface area contributed by atoms with Crippen LogP contribution in [0.2, 0.25) is 0 Å². The van der Waals surface area contributed by atoms with Crippen LogP contribution in [0.25, 0.3) is 0 Å². The van der Waals surface area contributed by atoms with Gasteiger partial charge in [-0.1, -0.05) is 52.2 Å². The highest BCUT2D eigenvalue weighted by atomic mass is 16.6. The van der Waals surface area contributed by atoms with Gasteiger partial charge < -0.3 is 9.47 Å². The molecular formula is C18H26O4. The lowest BCUT2D eigenvalue weighted by Gasteiger charge is -2.13. The molecule has 22 heavy (non-hydrogen) atoms. The van der Waals surface area contributed by atoms with E-state index in [0.29, 0.717) is 17.9 Å². The molecule has 0 spiro atoms. The average Bonchev–Trinajstić information content (AvgIpc) is 2.49. The van der Waals surface area contributed by atoms with Crippen LogP contribution in [-0.2, 0) is 9.59 Å². The number of rotatable bonds is 9. The number of hydrogen-bond acceptors (Lipinski definition) is 4. The first-order valence-corrected chi connectivity index (χ1v) is 8.09. The van der Waals surface area contributed by atoms with Crippen molar-refractivity contribution in [2.75, 3.05) is 0 Å². The zero-order chi connectivity index (χ0) is 16.4. The topological polar surface area (TPSA) is 52.6 Å². The molecule has 0 aliphatic rings. The van der Waals surface area contributed by atoms with Gasteiger partial charge in [-0.3, -0.25) is 9.59 Å². The van der Waals surface area contributed by atoms with E-state index in [4.69, 9.17) is 9.47 Å². The first-order chi connectivity index (χ1) is 10.6. The van der Waals surface area contributed by atoms with E-state index in [1.807, 2.05) is 13.8 Å². The molecule has 1 rings (SSSR count). The fourth-order valence-electron chi connectivity index (χ4n) is 2.02. The standard InChI is InChI=1S/C18H26O4/c1-4-6-7-11-14(3)18(20)22-16-13-9-8-12-15(16)21-17(19)10-5-2/h8-9,12-14H,4-7,10-11H2,1-3H3. The molecule has 0 fully saturated rings. The van der Waals surface area contributed by atoms with Gasteiger partial charge in [-0.15, -0.1) is 0 Å². The van der Waals surface area contributed by atoms with Crippen LogP contribution in [0.3, 0.4) is 0 Å². The summed E-state index contributed by atoms with van der Waals surface area (Å²) in [6, 6.07) is 6.78. The average molecular weight is 306 g/mol. The Balaban J connectivity index is 2.64. The Morgan fingerprint density at radius 3 is 2.23 bits per heavy atom. The van der Waals surface area contributed by atoms with Gasteiger partial charge in [0.2, 0.25) is 0 Å². The number of carbonyl (C=O) groups is 2. The largest absolute Gasteiger partial charge is 0.423 e. The summed E-state index contributed by atoms with van der Waals surface area (Å²) in [5.74, 6) is -0.155. The fourth-order valence-corrected chi connectivity index (χ4v) is 2.02. The van der Waals surface area contributed by atoms with Crippen LogP contribution in [0, 0.1) is 5.92 Å². The Bertz CT molecular complexity index is 482. The minimum atomic E-state index is -0.318. The van der Waals surface area contributed by atoms with Crippen LogP contribution in [0.5, 0.6) is 11.5 Å². The van der Waals surface area contributed by atoms with Crippen LogP contribution in [0.4, 0.5) is 0 Å². The van der Waals surface area contributed by atoms with E-state index in [1.54, 1.807) is 24.3 Å². The van der Waals surface area contributed by atoms with Gasteiger partial charge in [0.1, 0.15) is 0 Å². The van der Waals surface area contributed by atoms with E-state index >= 15 is 0 Å². The Labute approximate surface area is 132 Å². The molecule has 4 heteroatoms. The summed E-state index contributed by atoms with van der Waals surface area (Å²) in [6.45, 7) is 5.90. The van der Waals surface area contributed by atoms with Gasteiger partial charge in [-0.05, 0) is 25.0 Å². The third kappa shape index (κ3) is 6.29. The quantitative estimate of drug-likeness (QED) is 0.382. The SMILES string of the molecule is CCCCCC(C)C(=O)Oc1ccccc1OC(=O)CCC. The number of para-hydroxylation sites is 2. The van der Waals surface area contributed by atoms with E-state index in [2.05, 4.69) is 6.92 Å². The third-order valence-electron chi connectivity index (χ3n) is 3.38. The zero-order valence-corrected chi connectivity index (χ0v) is 13.8. The number of unbranched alkanes of at least 4 members (excludes halogenated alkanes) is 2. The van der Waals surface area contributed by atoms with Crippen LogP contribution in [-0.4, -0.2) is 11.9 Å². The second-order valence-electron chi connectivity index (χ2n) is 5.49. The molecule has 122 valence electrons. The third-order valence-corrected chi connectivity index (χ3v) is 3.38. The molecule has 0 aliphatic carbocycles. The van der Waals surface area contributed by atoms with Gasteiger partial charge in [0.05, 0.1) is 5.92 Å². The zero-order valence-electron chi connectivity index (χ0n) is 13.8. The second-order valence-corrected chi connectivity index (χ2v) is 5.49. The molecule has 4 nitrogen and oxygen atoms in total. The molecule has 1 atom stereocenters. The van der Waals surface area contributed by atoms with Gasteiger partial charge in [-0.25, -0.2) is 0 Å². The highest BCUT2D eigenvalue weighted by Crippen LogP contribution is 2.28. The first kappa shape index (κ1) is 18.2. The Hall–Kier alpha value is -1.84. The van der Waals surface area contributed by atoms with Gasteiger partial charge in [0.25, 0.3) is 0 Å². The summed E-state index contributed by atoms with van der Waals surface area (Å²) in [4.78, 5) is 23.7. The van der Waals surface area contributed by atoms with Crippen molar-refractivity contribution >= 4 is 11.9 Å². The summed E-state index contributed by atoms with van der Waals surface area (Å²) in [7, 11) is 0. The predicted octanol–water partition coefficient (Wildman–Crippen LogP) is 4.51. The Morgan fingerprint density at radius 2 is 1.64 bits per heavy atom. The molecule has 0 saturated heterocycles. The predicted molar refractivity (Wildman–Crippen MR) is 85.9 cm³/mol. The highest BCUT2D eigenvalue weighted by molar-refractivity contribution is 5.77. The summed E-state index contributed by atoms with van der Waals surface area (Å²) >= 11 is 0. The summed E-state index contributed by atoms with van der Waals surface area (Å²) in [5, 5.41) is 0. The van der Waals surface area contributed by atoms with E-state index in [-0.39, 0.29) is 17.9 Å². The molecule has 1 aromatic carbocycles. The van der Waals surface area contributed by atoms with Gasteiger partial charge in [0.15, 0.2) is 11.5 Å².